The van der Waals surface area contributed by atoms with E-state index in [1.165, 1.54) is 16.0 Å². The van der Waals surface area contributed by atoms with Crippen LogP contribution in [-0.2, 0) is 7.05 Å². The van der Waals surface area contributed by atoms with Crippen LogP contribution in [0, 0.1) is 13.8 Å². The normalized spacial score (nSPS) is 10.8. The molecule has 0 spiro atoms. The molecule has 0 radical (unpaired) electrons. The van der Waals surface area contributed by atoms with Gasteiger partial charge in [-0.15, -0.1) is 11.3 Å². The lowest BCUT2D eigenvalue weighted by Crippen LogP contribution is -2.23. The van der Waals surface area contributed by atoms with Crippen LogP contribution >= 0.6 is 11.3 Å². The van der Waals surface area contributed by atoms with Gasteiger partial charge in [0.1, 0.15) is 10.8 Å². The van der Waals surface area contributed by atoms with Gasteiger partial charge in [-0.2, -0.15) is 5.10 Å². The summed E-state index contributed by atoms with van der Waals surface area (Å²) in [4.78, 5) is 17.1. The summed E-state index contributed by atoms with van der Waals surface area (Å²) in [7, 11) is 1.67. The molecule has 0 aliphatic heterocycles. The summed E-state index contributed by atoms with van der Waals surface area (Å²) in [5.74, 6) is 0.839. The Balaban J connectivity index is 2.01. The summed E-state index contributed by atoms with van der Waals surface area (Å²) < 4.78 is 6.83. The van der Waals surface area contributed by atoms with Crippen molar-refractivity contribution in [2.45, 2.75) is 20.8 Å². The zero-order valence-electron chi connectivity index (χ0n) is 14.2. The van der Waals surface area contributed by atoms with Gasteiger partial charge in [0.2, 0.25) is 0 Å². The Morgan fingerprint density at radius 3 is 2.58 bits per heavy atom. The number of thiazole rings is 1. The predicted octanol–water partition coefficient (Wildman–Crippen LogP) is 3.59. The van der Waals surface area contributed by atoms with Crippen LogP contribution in [0.25, 0.3) is 21.8 Å². The van der Waals surface area contributed by atoms with Crippen LogP contribution in [0.15, 0.2) is 34.4 Å². The molecule has 124 valence electrons. The van der Waals surface area contributed by atoms with E-state index in [-0.39, 0.29) is 5.56 Å². The number of aromatic nitrogens is 3. The van der Waals surface area contributed by atoms with Crippen molar-refractivity contribution < 1.29 is 4.74 Å². The molecule has 3 aromatic rings. The molecule has 0 aliphatic carbocycles. The first kappa shape index (κ1) is 16.4. The van der Waals surface area contributed by atoms with Crippen molar-refractivity contribution in [1.82, 2.24) is 14.8 Å². The average Bonchev–Trinajstić information content (AvgIpc) is 3.04. The van der Waals surface area contributed by atoms with E-state index in [2.05, 4.69) is 10.1 Å². The molecule has 0 saturated carbocycles. The Hall–Kier alpha value is -2.47. The lowest BCUT2D eigenvalue weighted by atomic mass is 10.1. The molecule has 0 fully saturated rings. The number of ether oxygens (including phenoxy) is 1. The number of hydrogen-bond acceptors (Lipinski definition) is 5. The SMILES string of the molecule is CCOc1ccc(-c2csc(-c3c(C)c(C)nn(C)c3=O)n2)cc1. The van der Waals surface area contributed by atoms with Crippen LogP contribution in [0.3, 0.4) is 0 Å². The zero-order valence-corrected chi connectivity index (χ0v) is 15.0. The van der Waals surface area contributed by atoms with E-state index in [4.69, 9.17) is 4.74 Å². The number of benzene rings is 1. The molecule has 0 unspecified atom stereocenters. The molecule has 0 aliphatic rings. The third-order valence-electron chi connectivity index (χ3n) is 3.90. The van der Waals surface area contributed by atoms with Gasteiger partial charge in [0, 0.05) is 18.0 Å². The average molecular weight is 341 g/mol. The van der Waals surface area contributed by atoms with Crippen LogP contribution in [0.2, 0.25) is 0 Å². The summed E-state index contributed by atoms with van der Waals surface area (Å²) in [6.07, 6.45) is 0. The van der Waals surface area contributed by atoms with E-state index >= 15 is 0 Å². The Morgan fingerprint density at radius 1 is 1.21 bits per heavy atom. The molecule has 2 aromatic heterocycles. The van der Waals surface area contributed by atoms with Gasteiger partial charge in [-0.3, -0.25) is 4.79 Å². The van der Waals surface area contributed by atoms with Gasteiger partial charge in [0.05, 0.1) is 23.6 Å². The molecule has 0 amide bonds. The van der Waals surface area contributed by atoms with Crippen molar-refractivity contribution in [3.05, 3.63) is 51.3 Å². The Kier molecular flexibility index (Phi) is 4.49. The van der Waals surface area contributed by atoms with Crippen molar-refractivity contribution in [2.75, 3.05) is 6.61 Å². The molecule has 6 heteroatoms. The maximum absolute atomic E-state index is 12.5. The van der Waals surface area contributed by atoms with Gasteiger partial charge in [-0.05, 0) is 50.6 Å². The van der Waals surface area contributed by atoms with Gasteiger partial charge in [0.25, 0.3) is 5.56 Å². The van der Waals surface area contributed by atoms with Crippen LogP contribution in [0.5, 0.6) is 5.75 Å². The van der Waals surface area contributed by atoms with Crippen LogP contribution < -0.4 is 10.3 Å². The third kappa shape index (κ3) is 2.97. The minimum absolute atomic E-state index is 0.120. The smallest absolute Gasteiger partial charge is 0.277 e. The number of nitrogens with zero attached hydrogens (tertiary/aromatic N) is 3. The second kappa shape index (κ2) is 6.57. The highest BCUT2D eigenvalue weighted by Crippen LogP contribution is 2.30. The van der Waals surface area contributed by atoms with Crippen molar-refractivity contribution in [3.8, 4) is 27.6 Å². The van der Waals surface area contributed by atoms with E-state index in [9.17, 15) is 4.79 Å². The number of aryl methyl sites for hydroxylation is 2. The zero-order chi connectivity index (χ0) is 17.3. The first-order valence-electron chi connectivity index (χ1n) is 7.75. The fraction of sp³-hybridized carbons (Fsp3) is 0.278. The molecular weight excluding hydrogens is 322 g/mol. The molecule has 2 heterocycles. The molecule has 0 bridgehead atoms. The quantitative estimate of drug-likeness (QED) is 0.728. The van der Waals surface area contributed by atoms with Crippen LogP contribution in [0.4, 0.5) is 0 Å². The summed E-state index contributed by atoms with van der Waals surface area (Å²) in [5.41, 5.74) is 4.09. The van der Waals surface area contributed by atoms with Gasteiger partial charge < -0.3 is 4.74 Å². The molecule has 1 aromatic carbocycles. The molecule has 0 N–H and O–H groups in total. The summed E-state index contributed by atoms with van der Waals surface area (Å²) in [5, 5.41) is 6.91. The Bertz CT molecular complexity index is 926. The molecular formula is C18H19N3O2S. The number of hydrogen-bond donors (Lipinski definition) is 0. The van der Waals surface area contributed by atoms with E-state index in [0.717, 1.165) is 33.3 Å². The minimum Gasteiger partial charge on any atom is -0.494 e. The van der Waals surface area contributed by atoms with Gasteiger partial charge >= 0.3 is 0 Å². The summed E-state index contributed by atoms with van der Waals surface area (Å²) in [6.45, 7) is 6.42. The summed E-state index contributed by atoms with van der Waals surface area (Å²) in [6, 6.07) is 7.82. The maximum Gasteiger partial charge on any atom is 0.277 e. The lowest BCUT2D eigenvalue weighted by molar-refractivity contribution is 0.340. The fourth-order valence-electron chi connectivity index (χ4n) is 2.51. The first-order chi connectivity index (χ1) is 11.5. The van der Waals surface area contributed by atoms with E-state index in [1.54, 1.807) is 7.05 Å². The lowest BCUT2D eigenvalue weighted by Gasteiger charge is -2.07. The van der Waals surface area contributed by atoms with E-state index in [1.807, 2.05) is 50.4 Å². The number of rotatable bonds is 4. The second-order valence-corrected chi connectivity index (χ2v) is 6.37. The highest BCUT2D eigenvalue weighted by molar-refractivity contribution is 7.13. The molecule has 5 nitrogen and oxygen atoms in total. The van der Waals surface area contributed by atoms with Crippen molar-refractivity contribution in [3.63, 3.8) is 0 Å². The van der Waals surface area contributed by atoms with Crippen LogP contribution in [-0.4, -0.2) is 21.4 Å². The second-order valence-electron chi connectivity index (χ2n) is 5.51. The standard InChI is InChI=1S/C18H19N3O2S/c1-5-23-14-8-6-13(7-9-14)15-10-24-17(19-15)16-11(2)12(3)20-21(4)18(16)22/h6-10H,5H2,1-4H3. The van der Waals surface area contributed by atoms with Gasteiger partial charge in [-0.1, -0.05) is 0 Å². The monoisotopic (exact) mass is 341 g/mol. The highest BCUT2D eigenvalue weighted by Gasteiger charge is 2.16. The van der Waals surface area contributed by atoms with E-state index < -0.39 is 0 Å². The van der Waals surface area contributed by atoms with Crippen molar-refractivity contribution >= 4 is 11.3 Å². The van der Waals surface area contributed by atoms with Crippen molar-refractivity contribution in [2.24, 2.45) is 7.05 Å². The van der Waals surface area contributed by atoms with Crippen molar-refractivity contribution in [1.29, 1.82) is 0 Å². The Morgan fingerprint density at radius 2 is 1.92 bits per heavy atom. The van der Waals surface area contributed by atoms with Crippen LogP contribution in [0.1, 0.15) is 18.2 Å². The van der Waals surface area contributed by atoms with Gasteiger partial charge in [-0.25, -0.2) is 9.67 Å². The fourth-order valence-corrected chi connectivity index (χ4v) is 3.43. The highest BCUT2D eigenvalue weighted by atomic mass is 32.1. The van der Waals surface area contributed by atoms with Gasteiger partial charge in [0.15, 0.2) is 0 Å². The molecule has 0 atom stereocenters. The third-order valence-corrected chi connectivity index (χ3v) is 4.76. The Labute approximate surface area is 144 Å². The predicted molar refractivity (Wildman–Crippen MR) is 96.7 cm³/mol. The maximum atomic E-state index is 12.5. The largest absolute Gasteiger partial charge is 0.494 e. The summed E-state index contributed by atoms with van der Waals surface area (Å²) >= 11 is 1.47. The molecule has 0 saturated heterocycles. The van der Waals surface area contributed by atoms with E-state index in [0.29, 0.717) is 12.2 Å². The molecule has 3 rings (SSSR count). The minimum atomic E-state index is -0.120. The molecule has 24 heavy (non-hydrogen) atoms. The first-order valence-corrected chi connectivity index (χ1v) is 8.63. The topological polar surface area (TPSA) is 57.0 Å².